The summed E-state index contributed by atoms with van der Waals surface area (Å²) in [5.41, 5.74) is 1.16. The first-order chi connectivity index (χ1) is 16.0. The summed E-state index contributed by atoms with van der Waals surface area (Å²) < 4.78 is 0. The van der Waals surface area contributed by atoms with Crippen molar-refractivity contribution in [3.8, 4) is 0 Å². The van der Waals surface area contributed by atoms with Gasteiger partial charge in [-0.15, -0.1) is 0 Å². The van der Waals surface area contributed by atoms with E-state index in [1.165, 1.54) is 31.0 Å². The third-order valence-corrected chi connectivity index (χ3v) is 7.48. The molecule has 2 saturated heterocycles. The Bertz CT molecular complexity index is 892. The van der Waals surface area contributed by atoms with Crippen molar-refractivity contribution >= 4 is 40.3 Å². The second kappa shape index (κ2) is 11.2. The topological polar surface area (TPSA) is 94.1 Å². The number of aliphatic imine (C=N–C) groups is 1. The molecule has 2 unspecified atom stereocenters. The first-order valence-electron chi connectivity index (χ1n) is 12.0. The van der Waals surface area contributed by atoms with E-state index in [0.29, 0.717) is 11.3 Å². The highest BCUT2D eigenvalue weighted by Crippen LogP contribution is 2.29. The molecule has 3 amide bonds. The maximum atomic E-state index is 12.6. The van der Waals surface area contributed by atoms with Crippen molar-refractivity contribution in [2.75, 3.05) is 38.0 Å². The smallest absolute Gasteiger partial charge is 0.262 e. The van der Waals surface area contributed by atoms with Crippen molar-refractivity contribution in [1.82, 2.24) is 15.1 Å². The minimum atomic E-state index is -0.466. The number of amidine groups is 1. The van der Waals surface area contributed by atoms with Crippen LogP contribution in [-0.4, -0.2) is 76.7 Å². The van der Waals surface area contributed by atoms with Crippen LogP contribution in [-0.2, 0) is 9.59 Å². The summed E-state index contributed by atoms with van der Waals surface area (Å²) in [6.07, 6.45) is 6.07. The Hall–Kier alpha value is -2.39. The van der Waals surface area contributed by atoms with Gasteiger partial charge in [0, 0.05) is 43.3 Å². The molecular formula is C24H33N5O3S. The summed E-state index contributed by atoms with van der Waals surface area (Å²) in [4.78, 5) is 45.9. The maximum absolute atomic E-state index is 12.6. The zero-order valence-corrected chi connectivity index (χ0v) is 20.0. The van der Waals surface area contributed by atoms with Gasteiger partial charge >= 0.3 is 0 Å². The molecule has 0 aromatic heterocycles. The number of hydrogen-bond donors (Lipinski definition) is 2. The van der Waals surface area contributed by atoms with E-state index in [-0.39, 0.29) is 30.2 Å². The first-order valence-corrected chi connectivity index (χ1v) is 12.8. The van der Waals surface area contributed by atoms with Gasteiger partial charge in [-0.05, 0) is 70.0 Å². The Morgan fingerprint density at radius 3 is 2.42 bits per heavy atom. The molecule has 9 heteroatoms. The number of nitrogens with zero attached hydrogens (tertiary/aromatic N) is 3. The van der Waals surface area contributed by atoms with Crippen molar-refractivity contribution in [3.63, 3.8) is 0 Å². The van der Waals surface area contributed by atoms with Crippen molar-refractivity contribution in [1.29, 1.82) is 0 Å². The van der Waals surface area contributed by atoms with Gasteiger partial charge in [-0.1, -0.05) is 18.2 Å². The van der Waals surface area contributed by atoms with Crippen LogP contribution in [0, 0.1) is 0 Å². The van der Waals surface area contributed by atoms with Gasteiger partial charge < -0.3 is 20.4 Å². The molecule has 0 bridgehead atoms. The number of piperidine rings is 1. The lowest BCUT2D eigenvalue weighted by molar-refractivity contribution is -0.121. The van der Waals surface area contributed by atoms with Gasteiger partial charge in [-0.3, -0.25) is 14.4 Å². The Labute approximate surface area is 199 Å². The fourth-order valence-corrected chi connectivity index (χ4v) is 5.64. The van der Waals surface area contributed by atoms with Crippen molar-refractivity contribution in [2.45, 2.75) is 56.7 Å². The van der Waals surface area contributed by atoms with E-state index in [9.17, 15) is 14.4 Å². The summed E-state index contributed by atoms with van der Waals surface area (Å²) in [5, 5.41) is 6.17. The Morgan fingerprint density at radius 2 is 1.73 bits per heavy atom. The number of thioether (sulfide) groups is 1. The number of amides is 3. The molecule has 178 valence electrons. The van der Waals surface area contributed by atoms with E-state index in [1.54, 1.807) is 24.3 Å². The second-order valence-corrected chi connectivity index (χ2v) is 10.3. The standard InChI is InChI=1S/C24H33N5O3S/c1-17(16-28-11-3-2-4-12-28)25-22(31)18-7-9-19(10-8-18)26-21(30)15-20-23(32)27-24(33-20)29-13-5-6-14-29/h7-10,17,20H,2-6,11-16H2,1H3,(H,25,31)(H,26,30). The molecule has 0 saturated carbocycles. The lowest BCUT2D eigenvalue weighted by Gasteiger charge is -2.29. The molecule has 0 aliphatic carbocycles. The average Bonchev–Trinajstić information content (AvgIpc) is 3.45. The predicted molar refractivity (Wildman–Crippen MR) is 132 cm³/mol. The van der Waals surface area contributed by atoms with Crippen LogP contribution in [0.5, 0.6) is 0 Å². The maximum Gasteiger partial charge on any atom is 0.262 e. The average molecular weight is 472 g/mol. The van der Waals surface area contributed by atoms with Gasteiger partial charge in [-0.2, -0.15) is 4.99 Å². The van der Waals surface area contributed by atoms with Crippen molar-refractivity contribution in [3.05, 3.63) is 29.8 Å². The molecule has 3 heterocycles. The van der Waals surface area contributed by atoms with E-state index in [0.717, 1.165) is 50.7 Å². The predicted octanol–water partition coefficient (Wildman–Crippen LogP) is 2.71. The van der Waals surface area contributed by atoms with Gasteiger partial charge in [0.25, 0.3) is 11.8 Å². The second-order valence-electron chi connectivity index (χ2n) is 9.10. The summed E-state index contributed by atoms with van der Waals surface area (Å²) >= 11 is 1.39. The van der Waals surface area contributed by atoms with Crippen LogP contribution in [0.25, 0.3) is 0 Å². The molecule has 0 radical (unpaired) electrons. The van der Waals surface area contributed by atoms with Crippen LogP contribution >= 0.6 is 11.8 Å². The van der Waals surface area contributed by atoms with Crippen LogP contribution in [0.4, 0.5) is 5.69 Å². The fourth-order valence-electron chi connectivity index (χ4n) is 4.52. The molecule has 8 nitrogen and oxygen atoms in total. The normalized spacial score (nSPS) is 22.2. The number of anilines is 1. The van der Waals surface area contributed by atoms with E-state index in [1.807, 2.05) is 6.92 Å². The molecule has 1 aromatic rings. The van der Waals surface area contributed by atoms with Crippen LogP contribution < -0.4 is 10.6 Å². The summed E-state index contributed by atoms with van der Waals surface area (Å²) in [7, 11) is 0. The number of carbonyl (C=O) groups excluding carboxylic acids is 3. The largest absolute Gasteiger partial charge is 0.351 e. The van der Waals surface area contributed by atoms with Crippen LogP contribution in [0.2, 0.25) is 0 Å². The Balaban J connectivity index is 1.22. The highest BCUT2D eigenvalue weighted by atomic mass is 32.2. The fraction of sp³-hybridized carbons (Fsp3) is 0.583. The third-order valence-electron chi connectivity index (χ3n) is 6.27. The number of likely N-dealkylation sites (tertiary alicyclic amines) is 2. The number of nitrogens with one attached hydrogen (secondary N) is 2. The highest BCUT2D eigenvalue weighted by Gasteiger charge is 2.33. The molecule has 2 fully saturated rings. The van der Waals surface area contributed by atoms with Gasteiger partial charge in [0.05, 0.1) is 0 Å². The lowest BCUT2D eigenvalue weighted by Crippen LogP contribution is -2.43. The molecule has 3 aliphatic rings. The number of rotatable bonds is 7. The van der Waals surface area contributed by atoms with E-state index in [2.05, 4.69) is 25.4 Å². The molecule has 33 heavy (non-hydrogen) atoms. The molecular weight excluding hydrogens is 438 g/mol. The van der Waals surface area contributed by atoms with Crippen LogP contribution in [0.3, 0.4) is 0 Å². The lowest BCUT2D eigenvalue weighted by atomic mass is 10.1. The van der Waals surface area contributed by atoms with Crippen LogP contribution in [0.1, 0.15) is 55.8 Å². The quantitative estimate of drug-likeness (QED) is 0.635. The SMILES string of the molecule is CC(CN1CCCCC1)NC(=O)c1ccc(NC(=O)CC2SC(N3CCCC3)=NC2=O)cc1. The first kappa shape index (κ1) is 23.8. The molecule has 3 aliphatic heterocycles. The molecule has 1 aromatic carbocycles. The zero-order valence-electron chi connectivity index (χ0n) is 19.2. The van der Waals surface area contributed by atoms with Gasteiger partial charge in [0.1, 0.15) is 5.25 Å². The summed E-state index contributed by atoms with van der Waals surface area (Å²) in [6.45, 7) is 6.95. The van der Waals surface area contributed by atoms with Gasteiger partial charge in [0.15, 0.2) is 5.17 Å². The van der Waals surface area contributed by atoms with Crippen molar-refractivity contribution in [2.24, 2.45) is 4.99 Å². The number of benzene rings is 1. The van der Waals surface area contributed by atoms with E-state index < -0.39 is 5.25 Å². The van der Waals surface area contributed by atoms with Gasteiger partial charge in [-0.25, -0.2) is 0 Å². The minimum absolute atomic E-state index is 0.0732. The third kappa shape index (κ3) is 6.57. The van der Waals surface area contributed by atoms with E-state index in [4.69, 9.17) is 0 Å². The molecule has 4 rings (SSSR count). The summed E-state index contributed by atoms with van der Waals surface area (Å²) in [6, 6.07) is 6.94. The minimum Gasteiger partial charge on any atom is -0.351 e. The molecule has 0 spiro atoms. The van der Waals surface area contributed by atoms with Crippen molar-refractivity contribution < 1.29 is 14.4 Å². The molecule has 2 atom stereocenters. The highest BCUT2D eigenvalue weighted by molar-refractivity contribution is 8.15. The Morgan fingerprint density at radius 1 is 1.06 bits per heavy atom. The Kier molecular flexibility index (Phi) is 8.03. The number of hydrogen-bond acceptors (Lipinski definition) is 6. The van der Waals surface area contributed by atoms with E-state index >= 15 is 0 Å². The molecule has 2 N–H and O–H groups in total. The monoisotopic (exact) mass is 471 g/mol. The summed E-state index contributed by atoms with van der Waals surface area (Å²) in [5.74, 6) is -0.578. The van der Waals surface area contributed by atoms with Gasteiger partial charge in [0.2, 0.25) is 5.91 Å². The number of carbonyl (C=O) groups is 3. The zero-order chi connectivity index (χ0) is 23.2. The van der Waals surface area contributed by atoms with Crippen LogP contribution in [0.15, 0.2) is 29.3 Å².